The number of rotatable bonds is 2. The molecule has 0 saturated heterocycles. The number of benzene rings is 1. The van der Waals surface area contributed by atoms with Crippen molar-refractivity contribution in [2.24, 2.45) is 0 Å². The summed E-state index contributed by atoms with van der Waals surface area (Å²) in [6.45, 7) is 6.60. The van der Waals surface area contributed by atoms with Gasteiger partial charge in [-0.1, -0.05) is 0 Å². The number of hydrogen-bond acceptors (Lipinski definition) is 2. The molecule has 0 spiro atoms. The summed E-state index contributed by atoms with van der Waals surface area (Å²) in [6, 6.07) is 2.47. The Hall–Kier alpha value is -2.23. The van der Waals surface area contributed by atoms with Crippen LogP contribution in [0, 0.1) is 6.57 Å². The highest BCUT2D eigenvalue weighted by Gasteiger charge is 2.31. The Balaban J connectivity index is 3.16. The fraction of sp³-hybridized carbons (Fsp3) is 0.111. The van der Waals surface area contributed by atoms with Gasteiger partial charge in [0.1, 0.15) is 5.75 Å². The molecule has 0 aliphatic heterocycles. The van der Waals surface area contributed by atoms with Crippen molar-refractivity contribution in [2.45, 2.75) is 6.36 Å². The molecule has 0 unspecified atom stereocenters. The first kappa shape index (κ1) is 11.8. The predicted octanol–water partition coefficient (Wildman–Crippen LogP) is 2.83. The molecule has 1 aromatic carbocycles. The zero-order chi connectivity index (χ0) is 12.3. The van der Waals surface area contributed by atoms with Gasteiger partial charge < -0.3 is 9.84 Å². The van der Waals surface area contributed by atoms with E-state index >= 15 is 0 Å². The van der Waals surface area contributed by atoms with Crippen LogP contribution < -0.4 is 4.74 Å². The number of carboxylic acids is 1. The molecule has 7 heteroatoms. The molecule has 0 aliphatic rings. The Labute approximate surface area is 87.7 Å². The van der Waals surface area contributed by atoms with Crippen LogP contribution in [0.2, 0.25) is 0 Å². The molecule has 0 radical (unpaired) electrons. The second-order valence-electron chi connectivity index (χ2n) is 2.68. The standard InChI is InChI=1S/C9H4F3NO3/c1-13-6-2-5(8(14)15)3-7(4-6)16-9(10,11)12/h2-4H,(H,14,15). The van der Waals surface area contributed by atoms with Crippen LogP contribution in [0.15, 0.2) is 18.2 Å². The average Bonchev–Trinajstić information content (AvgIpc) is 2.14. The van der Waals surface area contributed by atoms with Crippen LogP contribution in [0.1, 0.15) is 10.4 Å². The molecule has 16 heavy (non-hydrogen) atoms. The molecule has 0 amide bonds. The quantitative estimate of drug-likeness (QED) is 0.796. The van der Waals surface area contributed by atoms with Crippen molar-refractivity contribution in [3.63, 3.8) is 0 Å². The van der Waals surface area contributed by atoms with Gasteiger partial charge in [0, 0.05) is 0 Å². The summed E-state index contributed by atoms with van der Waals surface area (Å²) in [6.07, 6.45) is -4.92. The maximum atomic E-state index is 11.9. The fourth-order valence-corrected chi connectivity index (χ4v) is 0.964. The molecule has 0 aromatic heterocycles. The van der Waals surface area contributed by atoms with Crippen LogP contribution in [0.25, 0.3) is 4.85 Å². The summed E-state index contributed by atoms with van der Waals surface area (Å²) in [5.74, 6) is -2.16. The highest BCUT2D eigenvalue weighted by atomic mass is 19.4. The maximum absolute atomic E-state index is 11.9. The Morgan fingerprint density at radius 1 is 1.38 bits per heavy atom. The minimum Gasteiger partial charge on any atom is -0.478 e. The van der Waals surface area contributed by atoms with Gasteiger partial charge in [0.25, 0.3) is 0 Å². The zero-order valence-electron chi connectivity index (χ0n) is 7.58. The summed E-state index contributed by atoms with van der Waals surface area (Å²) in [5, 5.41) is 8.59. The largest absolute Gasteiger partial charge is 0.573 e. The highest BCUT2D eigenvalue weighted by Crippen LogP contribution is 2.28. The van der Waals surface area contributed by atoms with Gasteiger partial charge in [-0.2, -0.15) is 0 Å². The number of ether oxygens (including phenoxy) is 1. The lowest BCUT2D eigenvalue weighted by Gasteiger charge is -2.09. The number of carboxylic acid groups (broad SMARTS) is 1. The molecule has 1 aromatic rings. The van der Waals surface area contributed by atoms with Gasteiger partial charge in [0.2, 0.25) is 0 Å². The molecule has 1 rings (SSSR count). The Kier molecular flexibility index (Phi) is 3.04. The minimum atomic E-state index is -4.92. The van der Waals surface area contributed by atoms with E-state index in [1.807, 2.05) is 0 Å². The van der Waals surface area contributed by atoms with Gasteiger partial charge in [-0.3, -0.25) is 0 Å². The topological polar surface area (TPSA) is 50.9 Å². The summed E-state index contributed by atoms with van der Waals surface area (Å²) >= 11 is 0. The lowest BCUT2D eigenvalue weighted by molar-refractivity contribution is -0.274. The SMILES string of the molecule is [C-]#[N+]c1cc(OC(F)(F)F)cc(C(=O)O)c1. The van der Waals surface area contributed by atoms with Crippen LogP contribution in [-0.2, 0) is 0 Å². The zero-order valence-corrected chi connectivity index (χ0v) is 7.58. The molecule has 0 saturated carbocycles. The summed E-state index contributed by atoms with van der Waals surface area (Å²) < 4.78 is 39.1. The number of carbonyl (C=O) groups is 1. The number of nitrogens with zero attached hydrogens (tertiary/aromatic N) is 1. The van der Waals surface area contributed by atoms with Gasteiger partial charge in [-0.25, -0.2) is 9.64 Å². The molecule has 1 N–H and O–H groups in total. The second-order valence-corrected chi connectivity index (χ2v) is 2.68. The molecule has 0 fully saturated rings. The smallest absolute Gasteiger partial charge is 0.478 e. The van der Waals surface area contributed by atoms with E-state index in [0.29, 0.717) is 6.07 Å². The first-order valence-corrected chi connectivity index (χ1v) is 3.83. The van der Waals surface area contributed by atoms with Crippen LogP contribution in [0.3, 0.4) is 0 Å². The van der Waals surface area contributed by atoms with Gasteiger partial charge >= 0.3 is 12.3 Å². The van der Waals surface area contributed by atoms with E-state index in [0.717, 1.165) is 12.1 Å². The predicted molar refractivity (Wildman–Crippen MR) is 46.3 cm³/mol. The molecule has 0 aliphatic carbocycles. The summed E-state index contributed by atoms with van der Waals surface area (Å²) in [5.41, 5.74) is -0.674. The van der Waals surface area contributed by atoms with Crippen molar-refractivity contribution >= 4 is 11.7 Å². The molecule has 0 atom stereocenters. The van der Waals surface area contributed by atoms with Gasteiger partial charge in [-0.05, 0) is 18.2 Å². The van der Waals surface area contributed by atoms with Crippen LogP contribution >= 0.6 is 0 Å². The van der Waals surface area contributed by atoms with E-state index in [1.54, 1.807) is 0 Å². The lowest BCUT2D eigenvalue weighted by atomic mass is 10.2. The van der Waals surface area contributed by atoms with Gasteiger partial charge in [-0.15, -0.1) is 13.2 Å². The molecular weight excluding hydrogens is 227 g/mol. The van der Waals surface area contributed by atoms with Crippen molar-refractivity contribution < 1.29 is 27.8 Å². The lowest BCUT2D eigenvalue weighted by Crippen LogP contribution is -2.17. The van der Waals surface area contributed by atoms with Crippen LogP contribution in [0.5, 0.6) is 5.75 Å². The molecule has 0 bridgehead atoms. The maximum Gasteiger partial charge on any atom is 0.573 e. The first-order valence-electron chi connectivity index (χ1n) is 3.83. The Morgan fingerprint density at radius 2 is 2.00 bits per heavy atom. The number of hydrogen-bond donors (Lipinski definition) is 1. The minimum absolute atomic E-state index is 0.237. The van der Waals surface area contributed by atoms with Crippen molar-refractivity contribution in [1.29, 1.82) is 0 Å². The molecule has 0 heterocycles. The molecular formula is C9H4F3NO3. The number of aromatic carboxylic acids is 1. The normalized spacial score (nSPS) is 10.6. The molecule has 84 valence electrons. The third-order valence-electron chi connectivity index (χ3n) is 1.50. The second kappa shape index (κ2) is 4.10. The Bertz CT molecular complexity index is 462. The monoisotopic (exact) mass is 231 g/mol. The van der Waals surface area contributed by atoms with E-state index in [4.69, 9.17) is 11.7 Å². The van der Waals surface area contributed by atoms with Gasteiger partial charge in [0.05, 0.1) is 12.1 Å². The first-order chi connectivity index (χ1) is 7.31. The van der Waals surface area contributed by atoms with E-state index < -0.39 is 23.6 Å². The van der Waals surface area contributed by atoms with Crippen molar-refractivity contribution in [1.82, 2.24) is 0 Å². The highest BCUT2D eigenvalue weighted by molar-refractivity contribution is 5.89. The van der Waals surface area contributed by atoms with Crippen LogP contribution in [0.4, 0.5) is 18.9 Å². The van der Waals surface area contributed by atoms with E-state index in [9.17, 15) is 18.0 Å². The van der Waals surface area contributed by atoms with E-state index in [1.165, 1.54) is 0 Å². The third-order valence-corrected chi connectivity index (χ3v) is 1.50. The van der Waals surface area contributed by atoms with E-state index in [2.05, 4.69) is 9.58 Å². The average molecular weight is 231 g/mol. The third kappa shape index (κ3) is 3.16. The number of alkyl halides is 3. The van der Waals surface area contributed by atoms with Crippen molar-refractivity contribution in [3.05, 3.63) is 35.2 Å². The number of halogens is 3. The van der Waals surface area contributed by atoms with Crippen LogP contribution in [-0.4, -0.2) is 17.4 Å². The van der Waals surface area contributed by atoms with E-state index in [-0.39, 0.29) is 5.69 Å². The van der Waals surface area contributed by atoms with Crippen molar-refractivity contribution in [3.8, 4) is 5.75 Å². The van der Waals surface area contributed by atoms with Gasteiger partial charge in [0.15, 0.2) is 5.69 Å². The summed E-state index contributed by atoms with van der Waals surface area (Å²) in [4.78, 5) is 13.4. The van der Waals surface area contributed by atoms with Crippen molar-refractivity contribution in [2.75, 3.05) is 0 Å². The fourth-order valence-electron chi connectivity index (χ4n) is 0.964. The summed E-state index contributed by atoms with van der Waals surface area (Å²) in [7, 11) is 0. The Morgan fingerprint density at radius 3 is 2.44 bits per heavy atom. The molecule has 4 nitrogen and oxygen atoms in total.